The third-order valence-electron chi connectivity index (χ3n) is 2.51. The number of halogens is 4. The summed E-state index contributed by atoms with van der Waals surface area (Å²) in [4.78, 5) is -0.242. The molecule has 0 fully saturated rings. The summed E-state index contributed by atoms with van der Waals surface area (Å²) in [5, 5.41) is 0.386. The number of hydrogen-bond acceptors (Lipinski definition) is 3. The molecule has 0 atom stereocenters. The quantitative estimate of drug-likeness (QED) is 0.753. The van der Waals surface area contributed by atoms with Crippen LogP contribution in [-0.4, -0.2) is 8.42 Å². The summed E-state index contributed by atoms with van der Waals surface area (Å²) in [6, 6.07) is 7.10. The Kier molecular flexibility index (Phi) is 4.80. The molecule has 0 aliphatic rings. The fourth-order valence-electron chi connectivity index (χ4n) is 1.63. The lowest BCUT2D eigenvalue weighted by Crippen LogP contribution is -2.16. The van der Waals surface area contributed by atoms with Gasteiger partial charge in [-0.15, -0.1) is 0 Å². The van der Waals surface area contributed by atoms with Crippen LogP contribution in [0.2, 0.25) is 20.1 Å². The van der Waals surface area contributed by atoms with Gasteiger partial charge < -0.3 is 5.73 Å². The first kappa shape index (κ1) is 16.5. The maximum atomic E-state index is 12.4. The molecule has 0 heterocycles. The predicted octanol–water partition coefficient (Wildman–Crippen LogP) is 4.68. The van der Waals surface area contributed by atoms with Gasteiger partial charge in [-0.3, -0.25) is 4.72 Å². The second-order valence-electron chi connectivity index (χ2n) is 4.01. The van der Waals surface area contributed by atoms with Gasteiger partial charge in [0.2, 0.25) is 0 Å². The third-order valence-corrected chi connectivity index (χ3v) is 5.22. The van der Waals surface area contributed by atoms with E-state index in [4.69, 9.17) is 52.1 Å². The lowest BCUT2D eigenvalue weighted by atomic mass is 10.3. The zero-order valence-electron chi connectivity index (χ0n) is 10.2. The van der Waals surface area contributed by atoms with Gasteiger partial charge >= 0.3 is 0 Å². The highest BCUT2D eigenvalue weighted by atomic mass is 35.5. The average molecular weight is 386 g/mol. The molecule has 4 nitrogen and oxygen atoms in total. The smallest absolute Gasteiger partial charge is 0.265 e. The monoisotopic (exact) mass is 384 g/mol. The van der Waals surface area contributed by atoms with E-state index in [1.807, 2.05) is 0 Å². The van der Waals surface area contributed by atoms with Crippen molar-refractivity contribution in [1.82, 2.24) is 0 Å². The van der Waals surface area contributed by atoms with Crippen LogP contribution < -0.4 is 10.5 Å². The number of hydrogen-bond donors (Lipinski definition) is 2. The summed E-state index contributed by atoms with van der Waals surface area (Å²) in [5.41, 5.74) is 5.68. The molecule has 0 saturated heterocycles. The first-order valence-corrected chi connectivity index (χ1v) is 8.43. The fraction of sp³-hybridized carbons (Fsp3) is 0. The Morgan fingerprint density at radius 3 is 2.05 bits per heavy atom. The van der Waals surface area contributed by atoms with Crippen LogP contribution in [0.4, 0.5) is 11.4 Å². The minimum absolute atomic E-state index is 0.00190. The van der Waals surface area contributed by atoms with Crippen molar-refractivity contribution in [2.24, 2.45) is 0 Å². The SMILES string of the molecule is Nc1cccc(Cl)c1S(=O)(=O)Nc1c(Cl)cc(Cl)cc1Cl. The van der Waals surface area contributed by atoms with Crippen molar-refractivity contribution in [3.05, 3.63) is 50.4 Å². The van der Waals surface area contributed by atoms with Gasteiger partial charge in [-0.1, -0.05) is 52.5 Å². The van der Waals surface area contributed by atoms with Crippen LogP contribution in [-0.2, 0) is 10.0 Å². The summed E-state index contributed by atoms with van der Waals surface area (Å²) < 4.78 is 27.1. The maximum absolute atomic E-state index is 12.4. The highest BCUT2D eigenvalue weighted by molar-refractivity contribution is 7.93. The van der Waals surface area contributed by atoms with Gasteiger partial charge in [0.1, 0.15) is 4.90 Å². The van der Waals surface area contributed by atoms with Gasteiger partial charge in [-0.05, 0) is 24.3 Å². The van der Waals surface area contributed by atoms with Crippen molar-refractivity contribution in [2.45, 2.75) is 4.90 Å². The molecule has 0 radical (unpaired) electrons. The normalized spacial score (nSPS) is 11.4. The zero-order chi connectivity index (χ0) is 15.8. The third kappa shape index (κ3) is 3.49. The summed E-state index contributed by atoms with van der Waals surface area (Å²) >= 11 is 23.6. The molecule has 0 amide bonds. The number of nitrogens with one attached hydrogen (secondary N) is 1. The topological polar surface area (TPSA) is 72.2 Å². The zero-order valence-corrected chi connectivity index (χ0v) is 14.0. The Bertz CT molecular complexity index is 766. The number of rotatable bonds is 3. The number of benzene rings is 2. The number of nitrogens with two attached hydrogens (primary N) is 1. The minimum Gasteiger partial charge on any atom is -0.398 e. The Balaban J connectivity index is 2.53. The Morgan fingerprint density at radius 1 is 0.952 bits per heavy atom. The summed E-state index contributed by atoms with van der Waals surface area (Å²) in [6.45, 7) is 0. The summed E-state index contributed by atoms with van der Waals surface area (Å²) in [7, 11) is -4.05. The lowest BCUT2D eigenvalue weighted by Gasteiger charge is -2.14. The van der Waals surface area contributed by atoms with Gasteiger partial charge in [-0.2, -0.15) is 0 Å². The molecule has 0 aliphatic carbocycles. The molecule has 0 aliphatic heterocycles. The van der Waals surface area contributed by atoms with Crippen molar-refractivity contribution in [3.63, 3.8) is 0 Å². The van der Waals surface area contributed by atoms with Crippen LogP contribution in [0.5, 0.6) is 0 Å². The highest BCUT2D eigenvalue weighted by Gasteiger charge is 2.23. The van der Waals surface area contributed by atoms with E-state index in [2.05, 4.69) is 4.72 Å². The van der Waals surface area contributed by atoms with E-state index in [1.54, 1.807) is 6.07 Å². The second-order valence-corrected chi connectivity index (χ2v) is 7.29. The van der Waals surface area contributed by atoms with Crippen LogP contribution >= 0.6 is 46.4 Å². The average Bonchev–Trinajstić information content (AvgIpc) is 2.33. The van der Waals surface area contributed by atoms with Gasteiger partial charge in [-0.25, -0.2) is 8.42 Å². The standard InChI is InChI=1S/C12H8Cl4N2O2S/c13-6-4-8(15)11(9(16)5-6)18-21(19,20)12-7(14)2-1-3-10(12)17/h1-5,18H,17H2. The Hall–Kier alpha value is -0.850. The molecule has 0 unspecified atom stereocenters. The van der Waals surface area contributed by atoms with E-state index < -0.39 is 10.0 Å². The largest absolute Gasteiger partial charge is 0.398 e. The number of anilines is 2. The Morgan fingerprint density at radius 2 is 1.52 bits per heavy atom. The van der Waals surface area contributed by atoms with Crippen molar-refractivity contribution in [2.75, 3.05) is 10.5 Å². The summed E-state index contributed by atoms with van der Waals surface area (Å²) in [6.07, 6.45) is 0. The fourth-order valence-corrected chi connectivity index (χ4v) is 4.44. The molecule has 21 heavy (non-hydrogen) atoms. The van der Waals surface area contributed by atoms with E-state index in [0.29, 0.717) is 0 Å². The molecule has 0 spiro atoms. The Labute approximate surface area is 141 Å². The van der Waals surface area contributed by atoms with Crippen molar-refractivity contribution in [3.8, 4) is 0 Å². The van der Waals surface area contributed by atoms with Gasteiger partial charge in [0, 0.05) is 5.02 Å². The molecule has 0 bridgehead atoms. The van der Waals surface area contributed by atoms with Gasteiger partial charge in [0.05, 0.1) is 26.4 Å². The van der Waals surface area contributed by atoms with Crippen LogP contribution in [0.3, 0.4) is 0 Å². The van der Waals surface area contributed by atoms with Crippen molar-refractivity contribution in [1.29, 1.82) is 0 Å². The molecular weight excluding hydrogens is 378 g/mol. The van der Waals surface area contributed by atoms with Crippen LogP contribution in [0, 0.1) is 0 Å². The van der Waals surface area contributed by atoms with Crippen molar-refractivity contribution < 1.29 is 8.42 Å². The maximum Gasteiger partial charge on any atom is 0.265 e. The van der Waals surface area contributed by atoms with E-state index in [0.717, 1.165) is 0 Å². The van der Waals surface area contributed by atoms with E-state index in [1.165, 1.54) is 24.3 Å². The molecule has 2 rings (SSSR count). The molecular formula is C12H8Cl4N2O2S. The highest BCUT2D eigenvalue weighted by Crippen LogP contribution is 2.36. The molecule has 2 aromatic carbocycles. The predicted molar refractivity (Wildman–Crippen MR) is 88.1 cm³/mol. The number of sulfonamides is 1. The molecule has 112 valence electrons. The second kappa shape index (κ2) is 6.10. The molecule has 0 saturated carbocycles. The van der Waals surface area contributed by atoms with E-state index in [9.17, 15) is 8.42 Å². The van der Waals surface area contributed by atoms with Gasteiger partial charge in [0.25, 0.3) is 10.0 Å². The van der Waals surface area contributed by atoms with E-state index in [-0.39, 0.29) is 36.4 Å². The van der Waals surface area contributed by atoms with Gasteiger partial charge in [0.15, 0.2) is 0 Å². The molecule has 2 aromatic rings. The first-order chi connectivity index (χ1) is 9.72. The van der Waals surface area contributed by atoms with Crippen LogP contribution in [0.1, 0.15) is 0 Å². The first-order valence-electron chi connectivity index (χ1n) is 5.43. The van der Waals surface area contributed by atoms with E-state index >= 15 is 0 Å². The lowest BCUT2D eigenvalue weighted by molar-refractivity contribution is 0.601. The molecule has 0 aromatic heterocycles. The number of nitrogen functional groups attached to an aromatic ring is 1. The van der Waals surface area contributed by atoms with Crippen LogP contribution in [0.25, 0.3) is 0 Å². The van der Waals surface area contributed by atoms with Crippen LogP contribution in [0.15, 0.2) is 35.2 Å². The van der Waals surface area contributed by atoms with Crippen molar-refractivity contribution >= 4 is 67.8 Å². The molecule has 3 N–H and O–H groups in total. The minimum atomic E-state index is -4.05. The summed E-state index contributed by atoms with van der Waals surface area (Å²) in [5.74, 6) is 0. The molecule has 9 heteroatoms.